The van der Waals surface area contributed by atoms with Crippen LogP contribution in [0.4, 0.5) is 17.6 Å². The number of Topliss-reactive ketones (excluding diaryl/α,β-unsaturated/α-hetero) is 1. The van der Waals surface area contributed by atoms with Crippen molar-refractivity contribution in [2.75, 3.05) is 0 Å². The van der Waals surface area contributed by atoms with Gasteiger partial charge in [0.15, 0.2) is 0 Å². The van der Waals surface area contributed by atoms with E-state index in [1.165, 1.54) is 16.8 Å². The number of ketones is 1. The maximum atomic E-state index is 13.5. The van der Waals surface area contributed by atoms with Crippen LogP contribution in [0.15, 0.2) is 102 Å². The third-order valence-corrected chi connectivity index (χ3v) is 7.62. The lowest BCUT2D eigenvalue weighted by atomic mass is 9.74. The molecule has 0 radical (unpaired) electrons. The highest BCUT2D eigenvalue weighted by Gasteiger charge is 2.38. The lowest BCUT2D eigenvalue weighted by molar-refractivity contribution is -0.137. The molecule has 204 valence electrons. The van der Waals surface area contributed by atoms with Crippen molar-refractivity contribution in [1.82, 2.24) is 4.57 Å². The maximum absolute atomic E-state index is 13.5. The van der Waals surface area contributed by atoms with E-state index in [9.17, 15) is 27.5 Å². The number of carbonyl (C=O) groups is 1. The van der Waals surface area contributed by atoms with E-state index in [1.54, 1.807) is 30.3 Å². The van der Waals surface area contributed by atoms with Gasteiger partial charge < -0.3 is 9.67 Å². The Labute approximate surface area is 229 Å². The maximum Gasteiger partial charge on any atom is 0.416 e. The van der Waals surface area contributed by atoms with Gasteiger partial charge in [0.25, 0.3) is 0 Å². The molecule has 40 heavy (non-hydrogen) atoms. The third-order valence-electron chi connectivity index (χ3n) is 7.62. The number of rotatable bonds is 6. The van der Waals surface area contributed by atoms with Gasteiger partial charge in [-0.2, -0.15) is 13.2 Å². The first-order valence-corrected chi connectivity index (χ1v) is 12.7. The largest absolute Gasteiger partial charge is 0.506 e. The van der Waals surface area contributed by atoms with Gasteiger partial charge in [0.2, 0.25) is 5.78 Å². The smallest absolute Gasteiger partial charge is 0.416 e. The van der Waals surface area contributed by atoms with E-state index < -0.39 is 29.6 Å². The Hall–Kier alpha value is -4.39. The molecule has 1 N–H and O–H groups in total. The second kappa shape index (κ2) is 9.66. The zero-order valence-electron chi connectivity index (χ0n) is 22.2. The highest BCUT2D eigenvalue weighted by Crippen LogP contribution is 2.43. The van der Waals surface area contributed by atoms with Gasteiger partial charge >= 0.3 is 6.18 Å². The van der Waals surface area contributed by atoms with Crippen LogP contribution < -0.4 is 0 Å². The monoisotopic (exact) mass is 545 g/mol. The summed E-state index contributed by atoms with van der Waals surface area (Å²) in [5.41, 5.74) is 2.33. The number of allylic oxidation sites excluding steroid dienone is 4. The molecule has 0 bridgehead atoms. The van der Waals surface area contributed by atoms with E-state index in [4.69, 9.17) is 0 Å². The number of hydrogen-bond acceptors (Lipinski definition) is 2. The van der Waals surface area contributed by atoms with Crippen molar-refractivity contribution in [2.45, 2.75) is 39.0 Å². The van der Waals surface area contributed by atoms with Crippen LogP contribution in [0.3, 0.4) is 0 Å². The van der Waals surface area contributed by atoms with Crippen LogP contribution in [0.25, 0.3) is 22.2 Å². The molecule has 0 saturated carbocycles. The number of nitrogens with zero attached hydrogens (tertiary/aromatic N) is 1. The van der Waals surface area contributed by atoms with Crippen LogP contribution in [0.1, 0.15) is 41.7 Å². The standard InChI is InChI=1S/C33H27F4NO2/c1-19-9-5-7-11-27(19)32(3,4)20(2)13-25-30(39)29(31(25)40)26-18-38(28-12-8-6-10-24(26)28)23-15-21(17-34)14-22(16-23)33(35,36)37/h5-16,18,39H,2,17H2,1,3-4H3/b25-13-. The number of carbonyl (C=O) groups excluding carboxylic acids is 1. The highest BCUT2D eigenvalue weighted by molar-refractivity contribution is 6.40. The minimum atomic E-state index is -4.66. The molecule has 1 aromatic heterocycles. The number of alkyl halides is 4. The Morgan fingerprint density at radius 2 is 1.70 bits per heavy atom. The van der Waals surface area contributed by atoms with Crippen molar-refractivity contribution in [3.05, 3.63) is 130 Å². The molecule has 0 unspecified atom stereocenters. The molecule has 1 aliphatic carbocycles. The minimum absolute atomic E-state index is 0.0698. The van der Waals surface area contributed by atoms with E-state index in [1.807, 2.05) is 45.0 Å². The summed E-state index contributed by atoms with van der Waals surface area (Å²) in [6.45, 7) is 9.10. The Balaban J connectivity index is 1.60. The van der Waals surface area contributed by atoms with Crippen molar-refractivity contribution < 1.29 is 27.5 Å². The third kappa shape index (κ3) is 4.45. The Morgan fingerprint density at radius 1 is 1.02 bits per heavy atom. The molecule has 3 aromatic carbocycles. The molecule has 3 nitrogen and oxygen atoms in total. The summed E-state index contributed by atoms with van der Waals surface area (Å²) in [6, 6.07) is 17.8. The first-order valence-electron chi connectivity index (χ1n) is 12.7. The van der Waals surface area contributed by atoms with E-state index in [0.717, 1.165) is 23.3 Å². The first-order chi connectivity index (χ1) is 18.8. The van der Waals surface area contributed by atoms with Gasteiger partial charge in [-0.1, -0.05) is 62.9 Å². The molecule has 0 aliphatic heterocycles. The summed E-state index contributed by atoms with van der Waals surface area (Å²) in [4.78, 5) is 13.4. The van der Waals surface area contributed by atoms with Gasteiger partial charge in [0, 0.05) is 28.2 Å². The van der Waals surface area contributed by atoms with Gasteiger partial charge in [-0.25, -0.2) is 4.39 Å². The summed E-state index contributed by atoms with van der Waals surface area (Å²) in [6.07, 6.45) is -1.56. The van der Waals surface area contributed by atoms with Crippen molar-refractivity contribution in [3.63, 3.8) is 0 Å². The molecule has 0 atom stereocenters. The van der Waals surface area contributed by atoms with Crippen molar-refractivity contribution in [1.29, 1.82) is 0 Å². The van der Waals surface area contributed by atoms with Crippen molar-refractivity contribution in [3.8, 4) is 5.69 Å². The van der Waals surface area contributed by atoms with Crippen molar-refractivity contribution in [2.24, 2.45) is 0 Å². The molecule has 7 heteroatoms. The van der Waals surface area contributed by atoms with E-state index in [2.05, 4.69) is 6.58 Å². The van der Waals surface area contributed by atoms with Crippen LogP contribution in [-0.2, 0) is 23.1 Å². The summed E-state index contributed by atoms with van der Waals surface area (Å²) < 4.78 is 55.6. The number of para-hydroxylation sites is 1. The van der Waals surface area contributed by atoms with Crippen LogP contribution in [0.5, 0.6) is 0 Å². The second-order valence-electron chi connectivity index (χ2n) is 10.5. The number of aromatic nitrogens is 1. The normalized spacial score (nSPS) is 15.2. The fourth-order valence-corrected chi connectivity index (χ4v) is 5.25. The molecule has 4 aromatic rings. The quantitative estimate of drug-likeness (QED) is 0.194. The molecule has 0 saturated heterocycles. The van der Waals surface area contributed by atoms with E-state index in [-0.39, 0.29) is 28.2 Å². The number of aryl methyl sites for hydroxylation is 1. The summed E-state index contributed by atoms with van der Waals surface area (Å²) in [5.74, 6) is -0.598. The van der Waals surface area contributed by atoms with Gasteiger partial charge in [-0.05, 0) is 59.5 Å². The number of aliphatic hydroxyl groups is 1. The molecule has 0 fully saturated rings. The molecular formula is C33H27F4NO2. The molecular weight excluding hydrogens is 518 g/mol. The van der Waals surface area contributed by atoms with Gasteiger partial charge in [-0.15, -0.1) is 0 Å². The fraction of sp³-hybridized carbons (Fsp3) is 0.182. The molecule has 1 heterocycles. The van der Waals surface area contributed by atoms with E-state index in [0.29, 0.717) is 22.0 Å². The fourth-order valence-electron chi connectivity index (χ4n) is 5.25. The number of hydrogen-bond donors (Lipinski definition) is 1. The highest BCUT2D eigenvalue weighted by atomic mass is 19.4. The van der Waals surface area contributed by atoms with Crippen LogP contribution in [0, 0.1) is 6.92 Å². The topological polar surface area (TPSA) is 42.2 Å². The predicted octanol–water partition coefficient (Wildman–Crippen LogP) is 8.74. The Kier molecular flexibility index (Phi) is 6.57. The molecule has 1 aliphatic rings. The van der Waals surface area contributed by atoms with Gasteiger partial charge in [0.1, 0.15) is 12.4 Å². The van der Waals surface area contributed by atoms with Crippen LogP contribution >= 0.6 is 0 Å². The average Bonchev–Trinajstić information content (AvgIpc) is 3.30. The number of fused-ring (bicyclic) bond motifs is 1. The van der Waals surface area contributed by atoms with Crippen molar-refractivity contribution >= 4 is 22.3 Å². The minimum Gasteiger partial charge on any atom is -0.506 e. The van der Waals surface area contributed by atoms with Crippen LogP contribution in [0.2, 0.25) is 0 Å². The van der Waals surface area contributed by atoms with Gasteiger partial charge in [0.05, 0.1) is 22.2 Å². The summed E-state index contributed by atoms with van der Waals surface area (Å²) >= 11 is 0. The number of benzene rings is 3. The summed E-state index contributed by atoms with van der Waals surface area (Å²) in [5, 5.41) is 11.6. The Morgan fingerprint density at radius 3 is 2.35 bits per heavy atom. The van der Waals surface area contributed by atoms with Crippen LogP contribution in [-0.4, -0.2) is 15.5 Å². The number of halogens is 4. The Bertz CT molecular complexity index is 1750. The second-order valence-corrected chi connectivity index (χ2v) is 10.5. The first kappa shape index (κ1) is 27.2. The zero-order chi connectivity index (χ0) is 29.0. The summed E-state index contributed by atoms with van der Waals surface area (Å²) in [7, 11) is 0. The number of aliphatic hydroxyl groups excluding tert-OH is 1. The zero-order valence-corrected chi connectivity index (χ0v) is 22.2. The molecule has 0 spiro atoms. The lowest BCUT2D eigenvalue weighted by Gasteiger charge is -2.30. The van der Waals surface area contributed by atoms with E-state index >= 15 is 0 Å². The molecule has 0 amide bonds. The SMILES string of the molecule is C=C(/C=C1\C(=O)C(c2cn(-c3cc(CF)cc(C(F)(F)F)c3)c3ccccc23)=C1O)C(C)(C)c1ccccc1C. The predicted molar refractivity (Wildman–Crippen MR) is 149 cm³/mol. The lowest BCUT2D eigenvalue weighted by Crippen LogP contribution is -2.24. The average molecular weight is 546 g/mol. The molecule has 5 rings (SSSR count). The van der Waals surface area contributed by atoms with Gasteiger partial charge in [-0.3, -0.25) is 4.79 Å².